The molecule has 9 heteroatoms. The Kier molecular flexibility index (Phi) is 2.75. The quantitative estimate of drug-likeness (QED) is 0.707. The molecule has 0 saturated heterocycles. The van der Waals surface area contributed by atoms with Gasteiger partial charge in [-0.3, -0.25) is 4.79 Å². The van der Waals surface area contributed by atoms with Crippen LogP contribution in [0.5, 0.6) is 0 Å². The molecule has 0 fully saturated rings. The maximum atomic E-state index is 13.6. The molecule has 0 amide bonds. The van der Waals surface area contributed by atoms with Crippen molar-refractivity contribution < 1.29 is 13.9 Å². The molecule has 2 unspecified atom stereocenters. The van der Waals surface area contributed by atoms with Crippen LogP contribution in [-0.2, 0) is 14.9 Å². The second kappa shape index (κ2) is 4.58. The highest BCUT2D eigenvalue weighted by Crippen LogP contribution is 2.49. The number of nitrogens with zero attached hydrogens (tertiary/aromatic N) is 5. The Morgan fingerprint density at radius 1 is 1.52 bits per heavy atom. The summed E-state index contributed by atoms with van der Waals surface area (Å²) >= 11 is 0. The second-order valence-corrected chi connectivity index (χ2v) is 5.77. The van der Waals surface area contributed by atoms with Gasteiger partial charge in [-0.05, 0) is 13.3 Å². The summed E-state index contributed by atoms with van der Waals surface area (Å²) in [5.41, 5.74) is 1.70. The largest absolute Gasteiger partial charge is 0.469 e. The Balaban J connectivity index is 2.03. The van der Waals surface area contributed by atoms with Crippen LogP contribution >= 0.6 is 0 Å². The number of aromatic nitrogens is 6. The number of rotatable bonds is 2. The number of hydrogen-bond donors (Lipinski definition) is 1. The summed E-state index contributed by atoms with van der Waals surface area (Å²) in [5, 5.41) is 14.5. The van der Waals surface area contributed by atoms with Gasteiger partial charge in [0.05, 0.1) is 36.0 Å². The number of esters is 1. The third-order valence-electron chi connectivity index (χ3n) is 4.46. The number of hydrogen-bond acceptors (Lipinski definition) is 6. The molecule has 23 heavy (non-hydrogen) atoms. The summed E-state index contributed by atoms with van der Waals surface area (Å²) < 4.78 is 19.9. The standard InChI is InChI=1S/C14H13FN6O2/c1-14(9-6-17-20-18-9)4-7(13(22)23-2)8-5-16-11-3-10(15)19-21(11)12(8)14/h3,5-7H,4H2,1-2H3,(H,17,18,20). The van der Waals surface area contributed by atoms with Gasteiger partial charge in [-0.2, -0.15) is 19.8 Å². The van der Waals surface area contributed by atoms with E-state index >= 15 is 0 Å². The van der Waals surface area contributed by atoms with E-state index in [0.717, 1.165) is 0 Å². The van der Waals surface area contributed by atoms with Crippen molar-refractivity contribution in [2.45, 2.75) is 24.7 Å². The van der Waals surface area contributed by atoms with Gasteiger partial charge < -0.3 is 4.74 Å². The number of aromatic amines is 1. The van der Waals surface area contributed by atoms with Crippen LogP contribution in [0.2, 0.25) is 0 Å². The predicted molar refractivity (Wildman–Crippen MR) is 75.2 cm³/mol. The van der Waals surface area contributed by atoms with Crippen molar-refractivity contribution >= 4 is 11.6 Å². The number of halogens is 1. The molecule has 0 bridgehead atoms. The van der Waals surface area contributed by atoms with Crippen LogP contribution in [0.25, 0.3) is 5.65 Å². The van der Waals surface area contributed by atoms with E-state index in [1.807, 2.05) is 6.92 Å². The van der Waals surface area contributed by atoms with Gasteiger partial charge in [0.25, 0.3) is 0 Å². The molecule has 8 nitrogen and oxygen atoms in total. The Hall–Kier alpha value is -2.84. The summed E-state index contributed by atoms with van der Waals surface area (Å²) in [5.74, 6) is -1.51. The maximum absolute atomic E-state index is 13.6. The van der Waals surface area contributed by atoms with Gasteiger partial charge in [0, 0.05) is 17.8 Å². The molecule has 1 aliphatic carbocycles. The van der Waals surface area contributed by atoms with Crippen LogP contribution in [0.4, 0.5) is 4.39 Å². The van der Waals surface area contributed by atoms with Crippen LogP contribution in [0.15, 0.2) is 18.5 Å². The number of fused-ring (bicyclic) bond motifs is 3. The molecule has 1 N–H and O–H groups in total. The Morgan fingerprint density at radius 3 is 3.04 bits per heavy atom. The first-order valence-corrected chi connectivity index (χ1v) is 7.03. The number of methoxy groups -OCH3 is 1. The molecule has 3 heterocycles. The van der Waals surface area contributed by atoms with E-state index < -0.39 is 17.3 Å². The van der Waals surface area contributed by atoms with E-state index in [1.165, 1.54) is 17.7 Å². The third-order valence-corrected chi connectivity index (χ3v) is 4.46. The lowest BCUT2D eigenvalue weighted by Gasteiger charge is -2.22. The average Bonchev–Trinajstić information content (AvgIpc) is 3.23. The SMILES string of the molecule is COC(=O)C1CC(C)(c2cn[nH]n2)c2c1cnc1cc(F)nn21. The highest BCUT2D eigenvalue weighted by Gasteiger charge is 2.49. The zero-order valence-corrected chi connectivity index (χ0v) is 12.4. The monoisotopic (exact) mass is 316 g/mol. The molecular formula is C14H13FN6O2. The summed E-state index contributed by atoms with van der Waals surface area (Å²) in [6.07, 6.45) is 3.60. The van der Waals surface area contributed by atoms with Crippen molar-refractivity contribution in [1.82, 2.24) is 30.0 Å². The van der Waals surface area contributed by atoms with E-state index in [0.29, 0.717) is 29.0 Å². The third kappa shape index (κ3) is 1.79. The number of carbonyl (C=O) groups is 1. The molecule has 118 valence electrons. The zero-order valence-electron chi connectivity index (χ0n) is 12.4. The lowest BCUT2D eigenvalue weighted by molar-refractivity contribution is -0.142. The van der Waals surface area contributed by atoms with Crippen LogP contribution in [0.3, 0.4) is 0 Å². The highest BCUT2D eigenvalue weighted by atomic mass is 19.1. The first-order chi connectivity index (χ1) is 11.0. The smallest absolute Gasteiger partial charge is 0.313 e. The van der Waals surface area contributed by atoms with E-state index in [4.69, 9.17) is 4.74 Å². The van der Waals surface area contributed by atoms with Crippen LogP contribution in [0.1, 0.15) is 36.2 Å². The summed E-state index contributed by atoms with van der Waals surface area (Å²) in [6, 6.07) is 1.25. The molecule has 4 rings (SSSR count). The van der Waals surface area contributed by atoms with E-state index in [2.05, 4.69) is 25.5 Å². The molecule has 0 aromatic carbocycles. The van der Waals surface area contributed by atoms with E-state index in [1.54, 1.807) is 12.4 Å². The van der Waals surface area contributed by atoms with Crippen molar-refractivity contribution in [3.8, 4) is 0 Å². The molecule has 1 aliphatic rings. The zero-order chi connectivity index (χ0) is 16.2. The first-order valence-electron chi connectivity index (χ1n) is 7.03. The molecule has 3 aromatic heterocycles. The van der Waals surface area contributed by atoms with Gasteiger partial charge >= 0.3 is 5.97 Å². The van der Waals surface area contributed by atoms with Gasteiger partial charge in [0.2, 0.25) is 5.95 Å². The average molecular weight is 316 g/mol. The van der Waals surface area contributed by atoms with Gasteiger partial charge in [-0.15, -0.1) is 5.10 Å². The van der Waals surface area contributed by atoms with Crippen molar-refractivity contribution in [3.63, 3.8) is 0 Å². The molecule has 0 radical (unpaired) electrons. The molecular weight excluding hydrogens is 303 g/mol. The van der Waals surface area contributed by atoms with E-state index in [9.17, 15) is 9.18 Å². The fourth-order valence-corrected chi connectivity index (χ4v) is 3.39. The van der Waals surface area contributed by atoms with Gasteiger partial charge in [-0.25, -0.2) is 9.50 Å². The Labute approximate surface area is 129 Å². The predicted octanol–water partition coefficient (Wildman–Crippen LogP) is 0.953. The summed E-state index contributed by atoms with van der Waals surface area (Å²) in [4.78, 5) is 16.4. The number of ether oxygens (including phenoxy) is 1. The second-order valence-electron chi connectivity index (χ2n) is 5.77. The fourth-order valence-electron chi connectivity index (χ4n) is 3.39. The van der Waals surface area contributed by atoms with Crippen molar-refractivity contribution in [1.29, 1.82) is 0 Å². The van der Waals surface area contributed by atoms with Crippen LogP contribution in [0, 0.1) is 5.95 Å². The Bertz CT molecular complexity index is 906. The Morgan fingerprint density at radius 2 is 2.35 bits per heavy atom. The van der Waals surface area contributed by atoms with Gasteiger partial charge in [0.1, 0.15) is 0 Å². The minimum absolute atomic E-state index is 0.368. The molecule has 3 aromatic rings. The topological polar surface area (TPSA) is 98.1 Å². The summed E-state index contributed by atoms with van der Waals surface area (Å²) in [7, 11) is 1.34. The normalized spacial score (nSPS) is 23.2. The lowest BCUT2D eigenvalue weighted by Crippen LogP contribution is -2.25. The molecule has 0 saturated carbocycles. The van der Waals surface area contributed by atoms with Crippen LogP contribution in [-0.4, -0.2) is 43.1 Å². The van der Waals surface area contributed by atoms with Crippen molar-refractivity contribution in [2.75, 3.05) is 7.11 Å². The van der Waals surface area contributed by atoms with Gasteiger partial charge in [-0.1, -0.05) is 0 Å². The maximum Gasteiger partial charge on any atom is 0.313 e. The van der Waals surface area contributed by atoms with Crippen molar-refractivity contribution in [3.05, 3.63) is 41.4 Å². The minimum Gasteiger partial charge on any atom is -0.469 e. The fraction of sp³-hybridized carbons (Fsp3) is 0.357. The van der Waals surface area contributed by atoms with Crippen molar-refractivity contribution in [2.24, 2.45) is 0 Å². The molecule has 2 atom stereocenters. The number of nitrogens with one attached hydrogen (secondary N) is 1. The lowest BCUT2D eigenvalue weighted by atomic mass is 9.83. The molecule has 0 spiro atoms. The molecule has 0 aliphatic heterocycles. The first kappa shape index (κ1) is 13.8. The van der Waals surface area contributed by atoms with Gasteiger partial charge in [0.15, 0.2) is 5.65 Å². The highest BCUT2D eigenvalue weighted by molar-refractivity contribution is 5.80. The van der Waals surface area contributed by atoms with Crippen LogP contribution < -0.4 is 0 Å². The summed E-state index contributed by atoms with van der Waals surface area (Å²) in [6.45, 7) is 1.92. The number of carbonyl (C=O) groups excluding carboxylic acids is 1. The number of H-pyrrole nitrogens is 1. The van der Waals surface area contributed by atoms with E-state index in [-0.39, 0.29) is 5.97 Å². The minimum atomic E-state index is -0.666.